The van der Waals surface area contributed by atoms with Crippen LogP contribution in [-0.4, -0.2) is 35.9 Å². The molecule has 5 heteroatoms. The highest BCUT2D eigenvalue weighted by atomic mass is 16.4. The van der Waals surface area contributed by atoms with E-state index in [1.807, 2.05) is 0 Å². The largest absolute Gasteiger partial charge is 0.480 e. The van der Waals surface area contributed by atoms with Crippen molar-refractivity contribution in [3.05, 3.63) is 0 Å². The Morgan fingerprint density at radius 3 is 2.85 bits per heavy atom. The summed E-state index contributed by atoms with van der Waals surface area (Å²) in [6, 6.07) is 0. The molecule has 0 amide bonds. The average molecular weight is 187 g/mol. The van der Waals surface area contributed by atoms with E-state index in [2.05, 4.69) is 5.32 Å². The van der Waals surface area contributed by atoms with E-state index in [1.54, 1.807) is 0 Å². The summed E-state index contributed by atoms with van der Waals surface area (Å²) in [5.74, 6) is -0.973. The molecule has 0 aliphatic rings. The van der Waals surface area contributed by atoms with E-state index in [0.29, 0.717) is 25.9 Å². The van der Waals surface area contributed by atoms with Crippen molar-refractivity contribution < 1.29 is 9.90 Å². The molecule has 5 nitrogen and oxygen atoms in total. The maximum atomic E-state index is 10.6. The van der Waals surface area contributed by atoms with Gasteiger partial charge in [-0.15, -0.1) is 0 Å². The summed E-state index contributed by atoms with van der Waals surface area (Å²) in [7, 11) is 0. The number of carbonyl (C=O) groups is 1. The molecule has 0 saturated carbocycles. The number of aliphatic carboxylic acids is 1. The summed E-state index contributed by atoms with van der Waals surface area (Å²) in [6.07, 6.45) is 2.40. The van der Waals surface area contributed by atoms with Gasteiger partial charge in [0, 0.05) is 12.8 Å². The summed E-state index contributed by atoms with van der Waals surface area (Å²) >= 11 is 0. The van der Waals surface area contributed by atoms with Crippen LogP contribution >= 0.6 is 0 Å². The molecular weight excluding hydrogens is 170 g/mol. The third-order valence-corrected chi connectivity index (χ3v) is 1.78. The normalized spacial score (nSPS) is 14.9. The van der Waals surface area contributed by atoms with Crippen LogP contribution in [0.15, 0.2) is 0 Å². The summed E-state index contributed by atoms with van der Waals surface area (Å²) in [5, 5.41) is 18.3. The standard InChI is InChI=1S/C8H17N3O2/c1-8(10,7(12)13)3-2-5-11-6-4-9/h4,9,11H,2-3,5-6,10H2,1H3,(H,12,13)/t8-/m0/s1. The fourth-order valence-electron chi connectivity index (χ4n) is 0.862. The minimum absolute atomic E-state index is 0.438. The topological polar surface area (TPSA) is 99.2 Å². The van der Waals surface area contributed by atoms with Gasteiger partial charge in [-0.05, 0) is 26.3 Å². The lowest BCUT2D eigenvalue weighted by Gasteiger charge is -2.18. The van der Waals surface area contributed by atoms with Crippen LogP contribution in [0.2, 0.25) is 0 Å². The predicted molar refractivity (Wildman–Crippen MR) is 51.1 cm³/mol. The maximum Gasteiger partial charge on any atom is 0.323 e. The maximum absolute atomic E-state index is 10.6. The van der Waals surface area contributed by atoms with Crippen molar-refractivity contribution in [1.29, 1.82) is 5.41 Å². The first-order valence-electron chi connectivity index (χ1n) is 4.22. The molecule has 0 radical (unpaired) electrons. The van der Waals surface area contributed by atoms with Gasteiger partial charge in [0.25, 0.3) is 0 Å². The fourth-order valence-corrected chi connectivity index (χ4v) is 0.862. The second-order valence-corrected chi connectivity index (χ2v) is 3.23. The number of nitrogens with two attached hydrogens (primary N) is 1. The zero-order valence-electron chi connectivity index (χ0n) is 7.84. The third kappa shape index (κ3) is 5.32. The van der Waals surface area contributed by atoms with Crippen molar-refractivity contribution in [2.24, 2.45) is 5.73 Å². The van der Waals surface area contributed by atoms with E-state index in [4.69, 9.17) is 16.2 Å². The smallest absolute Gasteiger partial charge is 0.323 e. The van der Waals surface area contributed by atoms with Crippen molar-refractivity contribution in [2.45, 2.75) is 25.3 Å². The Labute approximate surface area is 77.8 Å². The van der Waals surface area contributed by atoms with Crippen molar-refractivity contribution in [1.82, 2.24) is 5.32 Å². The summed E-state index contributed by atoms with van der Waals surface area (Å²) < 4.78 is 0. The van der Waals surface area contributed by atoms with E-state index in [-0.39, 0.29) is 0 Å². The molecular formula is C8H17N3O2. The molecule has 5 N–H and O–H groups in total. The van der Waals surface area contributed by atoms with Gasteiger partial charge in [0.1, 0.15) is 5.54 Å². The zero-order valence-corrected chi connectivity index (χ0v) is 7.84. The van der Waals surface area contributed by atoms with Crippen LogP contribution in [0, 0.1) is 5.41 Å². The van der Waals surface area contributed by atoms with Gasteiger partial charge in [-0.3, -0.25) is 4.79 Å². The molecule has 0 aliphatic heterocycles. The Bertz CT molecular complexity index is 180. The van der Waals surface area contributed by atoms with Gasteiger partial charge in [0.15, 0.2) is 0 Å². The molecule has 0 unspecified atom stereocenters. The van der Waals surface area contributed by atoms with E-state index < -0.39 is 11.5 Å². The monoisotopic (exact) mass is 187 g/mol. The van der Waals surface area contributed by atoms with Crippen LogP contribution in [0.3, 0.4) is 0 Å². The Morgan fingerprint density at radius 1 is 1.77 bits per heavy atom. The Morgan fingerprint density at radius 2 is 2.38 bits per heavy atom. The molecule has 0 rings (SSSR count). The molecule has 13 heavy (non-hydrogen) atoms. The van der Waals surface area contributed by atoms with Gasteiger partial charge >= 0.3 is 5.97 Å². The molecule has 1 atom stereocenters. The number of hydrogen-bond acceptors (Lipinski definition) is 4. The van der Waals surface area contributed by atoms with Crippen molar-refractivity contribution in [3.63, 3.8) is 0 Å². The predicted octanol–water partition coefficient (Wildman–Crippen LogP) is -0.192. The van der Waals surface area contributed by atoms with Crippen LogP contribution in [0.25, 0.3) is 0 Å². The zero-order chi connectivity index (χ0) is 10.3. The number of hydrogen-bond donors (Lipinski definition) is 4. The van der Waals surface area contributed by atoms with Crippen molar-refractivity contribution in [3.8, 4) is 0 Å². The van der Waals surface area contributed by atoms with E-state index in [1.165, 1.54) is 13.1 Å². The van der Waals surface area contributed by atoms with Gasteiger partial charge in [0.2, 0.25) is 0 Å². The van der Waals surface area contributed by atoms with Crippen LogP contribution in [0.5, 0.6) is 0 Å². The molecule has 76 valence electrons. The molecule has 0 aromatic heterocycles. The van der Waals surface area contributed by atoms with Crippen LogP contribution < -0.4 is 11.1 Å². The molecule has 0 bridgehead atoms. The molecule has 0 aromatic carbocycles. The first-order chi connectivity index (χ1) is 6.00. The second-order valence-electron chi connectivity index (χ2n) is 3.23. The molecule has 0 aromatic rings. The van der Waals surface area contributed by atoms with Crippen LogP contribution in [-0.2, 0) is 4.79 Å². The van der Waals surface area contributed by atoms with Gasteiger partial charge < -0.3 is 21.6 Å². The molecule has 0 aliphatic carbocycles. The molecule has 0 heterocycles. The second kappa shape index (κ2) is 5.66. The highest BCUT2D eigenvalue weighted by Crippen LogP contribution is 2.07. The van der Waals surface area contributed by atoms with Crippen molar-refractivity contribution >= 4 is 12.2 Å². The first-order valence-corrected chi connectivity index (χ1v) is 4.22. The lowest BCUT2D eigenvalue weighted by Crippen LogP contribution is -2.45. The van der Waals surface area contributed by atoms with Gasteiger partial charge in [-0.25, -0.2) is 0 Å². The molecule has 0 saturated heterocycles. The average Bonchev–Trinajstić information content (AvgIpc) is 2.03. The molecule has 0 fully saturated rings. The molecule has 0 spiro atoms. The minimum Gasteiger partial charge on any atom is -0.480 e. The Hall–Kier alpha value is -0.940. The Kier molecular flexibility index (Phi) is 5.25. The van der Waals surface area contributed by atoms with Crippen LogP contribution in [0.1, 0.15) is 19.8 Å². The SMILES string of the molecule is C[C@](N)(CCCNCC=N)C(=O)O. The number of carboxylic acids is 1. The highest BCUT2D eigenvalue weighted by Gasteiger charge is 2.26. The number of carboxylic acid groups (broad SMARTS) is 1. The number of rotatable bonds is 7. The minimum atomic E-state index is -1.13. The lowest BCUT2D eigenvalue weighted by molar-refractivity contribution is -0.142. The first kappa shape index (κ1) is 12.1. The lowest BCUT2D eigenvalue weighted by atomic mass is 9.98. The summed E-state index contributed by atoms with van der Waals surface area (Å²) in [4.78, 5) is 10.6. The summed E-state index contributed by atoms with van der Waals surface area (Å²) in [6.45, 7) is 2.72. The van der Waals surface area contributed by atoms with Gasteiger partial charge in [0.05, 0.1) is 0 Å². The van der Waals surface area contributed by atoms with Crippen molar-refractivity contribution in [2.75, 3.05) is 13.1 Å². The summed E-state index contributed by atoms with van der Waals surface area (Å²) in [5.41, 5.74) is 4.37. The highest BCUT2D eigenvalue weighted by molar-refractivity contribution is 5.77. The quantitative estimate of drug-likeness (QED) is 0.328. The van der Waals surface area contributed by atoms with Gasteiger partial charge in [-0.1, -0.05) is 0 Å². The van der Waals surface area contributed by atoms with Gasteiger partial charge in [-0.2, -0.15) is 0 Å². The third-order valence-electron chi connectivity index (χ3n) is 1.78. The van der Waals surface area contributed by atoms with E-state index in [9.17, 15) is 4.79 Å². The number of nitrogens with one attached hydrogen (secondary N) is 2. The fraction of sp³-hybridized carbons (Fsp3) is 0.750. The van der Waals surface area contributed by atoms with E-state index >= 15 is 0 Å². The Balaban J connectivity index is 3.52. The van der Waals surface area contributed by atoms with E-state index in [0.717, 1.165) is 0 Å². The van der Waals surface area contributed by atoms with Crippen LogP contribution in [0.4, 0.5) is 0 Å².